The molecule has 1 aromatic rings. The molecule has 1 aromatic carbocycles. The van der Waals surface area contributed by atoms with E-state index < -0.39 is 23.4 Å². The number of imide groups is 1. The van der Waals surface area contributed by atoms with Crippen molar-refractivity contribution in [3.8, 4) is 0 Å². The number of hydrazine groups is 1. The summed E-state index contributed by atoms with van der Waals surface area (Å²) in [7, 11) is 0. The van der Waals surface area contributed by atoms with Gasteiger partial charge in [0.1, 0.15) is 5.54 Å². The number of nitrogens with one attached hydrogen (secondary N) is 2. The summed E-state index contributed by atoms with van der Waals surface area (Å²) >= 11 is 0. The Morgan fingerprint density at radius 2 is 1.70 bits per heavy atom. The smallest absolute Gasteiger partial charge is 0.325 e. The van der Waals surface area contributed by atoms with E-state index in [1.54, 1.807) is 16.7 Å². The van der Waals surface area contributed by atoms with Crippen LogP contribution in [0.3, 0.4) is 0 Å². The van der Waals surface area contributed by atoms with Gasteiger partial charge in [-0.15, -0.1) is 0 Å². The third-order valence-electron chi connectivity index (χ3n) is 6.30. The van der Waals surface area contributed by atoms with Crippen LogP contribution in [0.2, 0.25) is 0 Å². The molecule has 6 amide bonds. The van der Waals surface area contributed by atoms with Crippen molar-refractivity contribution in [1.82, 2.24) is 30.5 Å². The second-order valence-electron chi connectivity index (χ2n) is 8.64. The summed E-state index contributed by atoms with van der Waals surface area (Å²) in [5.74, 6) is -0.902. The standard InChI is InChI=1S/C23H34N6O4/c1-4-27(5-2)22(33)28-15-13-26(14-16-28)17-19(30)25-29-20(31)23(3,24-21(29)32)12-11-18-9-7-6-8-10-18/h6-10H,4-5,11-17H2,1-3H3,(H,24,32)(H,25,30). The second-order valence-corrected chi connectivity index (χ2v) is 8.64. The van der Waals surface area contributed by atoms with Crippen molar-refractivity contribution in [3.05, 3.63) is 35.9 Å². The van der Waals surface area contributed by atoms with Crippen molar-refractivity contribution in [2.75, 3.05) is 45.8 Å². The fourth-order valence-corrected chi connectivity index (χ4v) is 4.15. The van der Waals surface area contributed by atoms with Gasteiger partial charge in [-0.1, -0.05) is 30.3 Å². The molecule has 1 unspecified atom stereocenters. The molecule has 0 bridgehead atoms. The lowest BCUT2D eigenvalue weighted by molar-refractivity contribution is -0.139. The van der Waals surface area contributed by atoms with Gasteiger partial charge in [-0.05, 0) is 39.2 Å². The number of hydrogen-bond acceptors (Lipinski definition) is 5. The number of amides is 6. The van der Waals surface area contributed by atoms with Crippen molar-refractivity contribution < 1.29 is 19.2 Å². The van der Waals surface area contributed by atoms with E-state index in [0.29, 0.717) is 52.1 Å². The molecule has 0 saturated carbocycles. The second kappa shape index (κ2) is 10.7. The van der Waals surface area contributed by atoms with Crippen molar-refractivity contribution >= 4 is 23.9 Å². The Morgan fingerprint density at radius 1 is 1.06 bits per heavy atom. The Balaban J connectivity index is 1.48. The first-order chi connectivity index (χ1) is 15.8. The maximum absolute atomic E-state index is 12.9. The fourth-order valence-electron chi connectivity index (χ4n) is 4.15. The highest BCUT2D eigenvalue weighted by molar-refractivity contribution is 6.07. The average molecular weight is 459 g/mol. The largest absolute Gasteiger partial charge is 0.344 e. The van der Waals surface area contributed by atoms with Crippen LogP contribution in [0.5, 0.6) is 0 Å². The van der Waals surface area contributed by atoms with E-state index in [1.165, 1.54) is 0 Å². The molecule has 2 heterocycles. The number of piperazine rings is 1. The van der Waals surface area contributed by atoms with Crippen LogP contribution >= 0.6 is 0 Å². The molecule has 1 atom stereocenters. The Hall–Kier alpha value is -3.14. The number of benzene rings is 1. The van der Waals surface area contributed by atoms with Gasteiger partial charge in [0, 0.05) is 39.3 Å². The van der Waals surface area contributed by atoms with E-state index in [4.69, 9.17) is 0 Å². The third kappa shape index (κ3) is 5.81. The molecule has 2 aliphatic rings. The van der Waals surface area contributed by atoms with Crippen molar-refractivity contribution in [2.45, 2.75) is 39.2 Å². The van der Waals surface area contributed by atoms with E-state index in [1.807, 2.05) is 49.1 Å². The van der Waals surface area contributed by atoms with Crippen LogP contribution in [0.15, 0.2) is 30.3 Å². The number of carbonyl (C=O) groups is 4. The molecule has 2 fully saturated rings. The maximum Gasteiger partial charge on any atom is 0.344 e. The van der Waals surface area contributed by atoms with Gasteiger partial charge >= 0.3 is 12.1 Å². The van der Waals surface area contributed by atoms with Gasteiger partial charge in [-0.25, -0.2) is 9.59 Å². The highest BCUT2D eigenvalue weighted by atomic mass is 16.2. The lowest BCUT2D eigenvalue weighted by Crippen LogP contribution is -2.56. The van der Waals surface area contributed by atoms with Gasteiger partial charge in [-0.3, -0.25) is 19.9 Å². The molecule has 33 heavy (non-hydrogen) atoms. The van der Waals surface area contributed by atoms with Gasteiger partial charge in [0.25, 0.3) is 11.8 Å². The molecule has 2 aliphatic heterocycles. The van der Waals surface area contributed by atoms with Gasteiger partial charge in [0.2, 0.25) is 0 Å². The fraction of sp³-hybridized carbons (Fsp3) is 0.565. The molecular formula is C23H34N6O4. The van der Waals surface area contributed by atoms with Crippen molar-refractivity contribution in [2.24, 2.45) is 0 Å². The Bertz CT molecular complexity index is 867. The monoisotopic (exact) mass is 458 g/mol. The maximum atomic E-state index is 12.9. The minimum absolute atomic E-state index is 0.0122. The van der Waals surface area contributed by atoms with Crippen LogP contribution in [-0.4, -0.2) is 94.9 Å². The minimum atomic E-state index is -1.07. The molecule has 3 rings (SSSR count). The molecule has 10 nitrogen and oxygen atoms in total. The summed E-state index contributed by atoms with van der Waals surface area (Å²) in [6.45, 7) is 9.11. The van der Waals surface area contributed by atoms with E-state index >= 15 is 0 Å². The van der Waals surface area contributed by atoms with Crippen LogP contribution in [-0.2, 0) is 16.0 Å². The number of carbonyl (C=O) groups excluding carboxylic acids is 4. The molecule has 0 radical (unpaired) electrons. The molecule has 0 aliphatic carbocycles. The zero-order chi connectivity index (χ0) is 24.0. The summed E-state index contributed by atoms with van der Waals surface area (Å²) in [4.78, 5) is 55.8. The predicted octanol–water partition coefficient (Wildman–Crippen LogP) is 1.04. The summed E-state index contributed by atoms with van der Waals surface area (Å²) in [6, 6.07) is 9.11. The zero-order valence-corrected chi connectivity index (χ0v) is 19.7. The predicted molar refractivity (Wildman–Crippen MR) is 123 cm³/mol. The molecule has 0 aromatic heterocycles. The lowest BCUT2D eigenvalue weighted by Gasteiger charge is -2.36. The van der Waals surface area contributed by atoms with Crippen LogP contribution in [0.1, 0.15) is 32.8 Å². The number of hydrogen-bond donors (Lipinski definition) is 2. The Morgan fingerprint density at radius 3 is 2.30 bits per heavy atom. The van der Waals surface area contributed by atoms with Crippen molar-refractivity contribution in [3.63, 3.8) is 0 Å². The molecule has 180 valence electrons. The number of rotatable bonds is 8. The van der Waals surface area contributed by atoms with Crippen LogP contribution in [0.4, 0.5) is 9.59 Å². The van der Waals surface area contributed by atoms with E-state index in [2.05, 4.69) is 10.7 Å². The van der Waals surface area contributed by atoms with E-state index in [-0.39, 0.29) is 12.6 Å². The molecule has 2 N–H and O–H groups in total. The molecule has 10 heteroatoms. The first-order valence-corrected chi connectivity index (χ1v) is 11.5. The zero-order valence-electron chi connectivity index (χ0n) is 19.7. The summed E-state index contributed by atoms with van der Waals surface area (Å²) in [6.07, 6.45) is 1.05. The van der Waals surface area contributed by atoms with E-state index in [9.17, 15) is 19.2 Å². The third-order valence-corrected chi connectivity index (χ3v) is 6.30. The van der Waals surface area contributed by atoms with Crippen molar-refractivity contribution in [1.29, 1.82) is 0 Å². The SMILES string of the molecule is CCN(CC)C(=O)N1CCN(CC(=O)NN2C(=O)NC(C)(CCc3ccccc3)C2=O)CC1. The minimum Gasteiger partial charge on any atom is -0.325 e. The van der Waals surface area contributed by atoms with Crippen LogP contribution in [0.25, 0.3) is 0 Å². The summed E-state index contributed by atoms with van der Waals surface area (Å²) in [5, 5.41) is 3.49. The van der Waals surface area contributed by atoms with Gasteiger partial charge in [0.15, 0.2) is 0 Å². The number of aryl methyl sites for hydroxylation is 1. The number of urea groups is 2. The Labute approximate surface area is 194 Å². The quantitative estimate of drug-likeness (QED) is 0.567. The number of nitrogens with zero attached hydrogens (tertiary/aromatic N) is 4. The summed E-state index contributed by atoms with van der Waals surface area (Å²) in [5.41, 5.74) is 2.45. The first kappa shape index (κ1) is 24.5. The lowest BCUT2D eigenvalue weighted by atomic mass is 9.93. The van der Waals surface area contributed by atoms with Crippen LogP contribution < -0.4 is 10.7 Å². The first-order valence-electron chi connectivity index (χ1n) is 11.5. The molecular weight excluding hydrogens is 424 g/mol. The normalized spacial score (nSPS) is 21.2. The highest BCUT2D eigenvalue weighted by Gasteiger charge is 2.48. The van der Waals surface area contributed by atoms with Gasteiger partial charge < -0.3 is 15.1 Å². The molecule has 2 saturated heterocycles. The summed E-state index contributed by atoms with van der Waals surface area (Å²) < 4.78 is 0. The average Bonchev–Trinajstić information content (AvgIpc) is 3.03. The highest BCUT2D eigenvalue weighted by Crippen LogP contribution is 2.22. The van der Waals surface area contributed by atoms with Crippen LogP contribution in [0, 0.1) is 0 Å². The van der Waals surface area contributed by atoms with Gasteiger partial charge in [0.05, 0.1) is 6.54 Å². The Kier molecular flexibility index (Phi) is 7.91. The van der Waals surface area contributed by atoms with Gasteiger partial charge in [-0.2, -0.15) is 5.01 Å². The molecule has 0 spiro atoms. The topological polar surface area (TPSA) is 105 Å². The van der Waals surface area contributed by atoms with E-state index in [0.717, 1.165) is 10.6 Å².